The van der Waals surface area contributed by atoms with Gasteiger partial charge in [0, 0.05) is 12.6 Å². The number of hydrogen-bond acceptors (Lipinski definition) is 6. The van der Waals surface area contributed by atoms with Gasteiger partial charge in [0.05, 0.1) is 13.2 Å². The van der Waals surface area contributed by atoms with Crippen LogP contribution in [-0.2, 0) is 9.47 Å². The van der Waals surface area contributed by atoms with Crippen LogP contribution in [0.25, 0.3) is 0 Å². The molecule has 0 radical (unpaired) electrons. The molecule has 16 heavy (non-hydrogen) atoms. The number of rotatable bonds is 2. The quantitative estimate of drug-likeness (QED) is 0.677. The van der Waals surface area contributed by atoms with E-state index in [9.17, 15) is 4.79 Å². The average molecular weight is 227 g/mol. The van der Waals surface area contributed by atoms with Crippen LogP contribution in [-0.4, -0.2) is 34.2 Å². The molecule has 0 amide bonds. The van der Waals surface area contributed by atoms with Crippen molar-refractivity contribution in [3.8, 4) is 0 Å². The summed E-state index contributed by atoms with van der Waals surface area (Å²) in [7, 11) is 0. The summed E-state index contributed by atoms with van der Waals surface area (Å²) in [4.78, 5) is 15.1. The Kier molecular flexibility index (Phi) is 3.18. The molecule has 1 aromatic heterocycles. The summed E-state index contributed by atoms with van der Waals surface area (Å²) in [6.07, 6.45) is 0.895. The average Bonchev–Trinajstić information content (AvgIpc) is 2.29. The lowest BCUT2D eigenvalue weighted by Crippen LogP contribution is -2.37. The minimum Gasteiger partial charge on any atom is -0.391 e. The van der Waals surface area contributed by atoms with E-state index in [2.05, 4.69) is 4.98 Å². The summed E-state index contributed by atoms with van der Waals surface area (Å²) in [6, 6.07) is 1.52. The Balaban J connectivity index is 2.20. The Morgan fingerprint density at radius 3 is 3.19 bits per heavy atom. The molecule has 0 bridgehead atoms. The summed E-state index contributed by atoms with van der Waals surface area (Å²) in [5.41, 5.74) is 4.91. The summed E-state index contributed by atoms with van der Waals surface area (Å²) in [5.74, 6) is 0.173. The van der Waals surface area contributed by atoms with Gasteiger partial charge in [-0.2, -0.15) is 4.98 Å². The van der Waals surface area contributed by atoms with Crippen LogP contribution in [0.2, 0.25) is 0 Å². The number of nitrogen functional groups attached to an aromatic ring is 1. The Bertz CT molecular complexity index is 419. The minimum atomic E-state index is -0.691. The second kappa shape index (κ2) is 4.60. The van der Waals surface area contributed by atoms with Gasteiger partial charge in [-0.05, 0) is 6.07 Å². The third kappa shape index (κ3) is 2.21. The molecule has 7 nitrogen and oxygen atoms in total. The highest BCUT2D eigenvalue weighted by Gasteiger charge is 2.24. The van der Waals surface area contributed by atoms with E-state index in [0.29, 0.717) is 13.0 Å². The number of anilines is 1. The van der Waals surface area contributed by atoms with Gasteiger partial charge in [0.25, 0.3) is 0 Å². The van der Waals surface area contributed by atoms with E-state index in [0.717, 1.165) is 0 Å². The fourth-order valence-corrected chi connectivity index (χ4v) is 1.53. The van der Waals surface area contributed by atoms with Gasteiger partial charge in [-0.1, -0.05) is 0 Å². The molecule has 1 aromatic rings. The minimum absolute atomic E-state index is 0.173. The summed E-state index contributed by atoms with van der Waals surface area (Å²) in [5, 5.41) is 8.90. The van der Waals surface area contributed by atoms with Crippen LogP contribution in [0.4, 0.5) is 5.82 Å². The van der Waals surface area contributed by atoms with Crippen LogP contribution in [0.15, 0.2) is 17.1 Å². The number of nitrogens with zero attached hydrogens (tertiary/aromatic N) is 2. The van der Waals surface area contributed by atoms with Crippen LogP contribution in [0.5, 0.6) is 0 Å². The molecule has 2 atom stereocenters. The SMILES string of the molecule is Nc1ccn([C@@H]2CCO[C@H](CO)O2)c(=O)n1. The molecule has 88 valence electrons. The maximum Gasteiger partial charge on any atom is 0.351 e. The van der Waals surface area contributed by atoms with E-state index in [1.807, 2.05) is 0 Å². The van der Waals surface area contributed by atoms with Crippen molar-refractivity contribution >= 4 is 5.82 Å². The van der Waals surface area contributed by atoms with E-state index < -0.39 is 18.2 Å². The number of aliphatic hydroxyl groups excluding tert-OH is 1. The molecule has 0 aliphatic carbocycles. The maximum atomic E-state index is 11.5. The maximum absolute atomic E-state index is 11.5. The van der Waals surface area contributed by atoms with Crippen LogP contribution >= 0.6 is 0 Å². The van der Waals surface area contributed by atoms with Crippen LogP contribution in [0, 0.1) is 0 Å². The second-order valence-corrected chi connectivity index (χ2v) is 3.40. The molecule has 2 rings (SSSR count). The number of aliphatic hydroxyl groups is 1. The first-order chi connectivity index (χ1) is 7.70. The van der Waals surface area contributed by atoms with Crippen LogP contribution in [0.3, 0.4) is 0 Å². The van der Waals surface area contributed by atoms with E-state index in [-0.39, 0.29) is 12.4 Å². The van der Waals surface area contributed by atoms with Crippen molar-refractivity contribution in [2.45, 2.75) is 18.9 Å². The van der Waals surface area contributed by atoms with Crippen LogP contribution in [0.1, 0.15) is 12.6 Å². The van der Waals surface area contributed by atoms with Gasteiger partial charge in [-0.25, -0.2) is 4.79 Å². The molecule has 2 heterocycles. The van der Waals surface area contributed by atoms with E-state index >= 15 is 0 Å². The molecular weight excluding hydrogens is 214 g/mol. The largest absolute Gasteiger partial charge is 0.391 e. The van der Waals surface area contributed by atoms with Crippen molar-refractivity contribution < 1.29 is 14.6 Å². The molecular formula is C9H13N3O4. The Hall–Kier alpha value is -1.44. The first kappa shape index (κ1) is 11.1. The van der Waals surface area contributed by atoms with Gasteiger partial charge in [0.1, 0.15) is 12.0 Å². The topological polar surface area (TPSA) is 99.6 Å². The summed E-state index contributed by atoms with van der Waals surface area (Å²) < 4.78 is 11.8. The van der Waals surface area contributed by atoms with E-state index in [4.69, 9.17) is 20.3 Å². The first-order valence-corrected chi connectivity index (χ1v) is 4.93. The van der Waals surface area contributed by atoms with Crippen molar-refractivity contribution in [2.24, 2.45) is 0 Å². The zero-order valence-electron chi connectivity index (χ0n) is 8.57. The first-order valence-electron chi connectivity index (χ1n) is 4.93. The van der Waals surface area contributed by atoms with Gasteiger partial charge in [-0.15, -0.1) is 0 Å². The molecule has 1 fully saturated rings. The smallest absolute Gasteiger partial charge is 0.351 e. The molecule has 3 N–H and O–H groups in total. The third-order valence-electron chi connectivity index (χ3n) is 2.29. The lowest BCUT2D eigenvalue weighted by atomic mass is 10.3. The fourth-order valence-electron chi connectivity index (χ4n) is 1.53. The van der Waals surface area contributed by atoms with Crippen molar-refractivity contribution in [1.82, 2.24) is 9.55 Å². The fraction of sp³-hybridized carbons (Fsp3) is 0.556. The van der Waals surface area contributed by atoms with Crippen molar-refractivity contribution in [3.05, 3.63) is 22.7 Å². The lowest BCUT2D eigenvalue weighted by molar-refractivity contribution is -0.246. The van der Waals surface area contributed by atoms with Crippen molar-refractivity contribution in [2.75, 3.05) is 18.9 Å². The Morgan fingerprint density at radius 1 is 1.69 bits per heavy atom. The predicted molar refractivity (Wildman–Crippen MR) is 54.5 cm³/mol. The predicted octanol–water partition coefficient (Wildman–Crippen LogP) is -0.921. The number of hydrogen-bond donors (Lipinski definition) is 2. The van der Waals surface area contributed by atoms with Gasteiger partial charge in [0.2, 0.25) is 0 Å². The summed E-state index contributed by atoms with van der Waals surface area (Å²) in [6.45, 7) is 0.181. The van der Waals surface area contributed by atoms with Gasteiger partial charge >= 0.3 is 5.69 Å². The summed E-state index contributed by atoms with van der Waals surface area (Å²) >= 11 is 0. The highest BCUT2D eigenvalue weighted by Crippen LogP contribution is 2.19. The zero-order valence-corrected chi connectivity index (χ0v) is 8.57. The number of ether oxygens (including phenoxy) is 2. The molecule has 0 saturated carbocycles. The van der Waals surface area contributed by atoms with Gasteiger partial charge < -0.3 is 20.3 Å². The number of nitrogens with two attached hydrogens (primary N) is 1. The lowest BCUT2D eigenvalue weighted by Gasteiger charge is -2.29. The Labute approximate surface area is 91.4 Å². The highest BCUT2D eigenvalue weighted by atomic mass is 16.7. The Morgan fingerprint density at radius 2 is 2.50 bits per heavy atom. The molecule has 7 heteroatoms. The zero-order chi connectivity index (χ0) is 11.5. The monoisotopic (exact) mass is 227 g/mol. The van der Waals surface area contributed by atoms with Crippen LogP contribution < -0.4 is 11.4 Å². The molecule has 0 spiro atoms. The van der Waals surface area contributed by atoms with E-state index in [1.54, 1.807) is 0 Å². The number of aromatic nitrogens is 2. The van der Waals surface area contributed by atoms with Gasteiger partial charge in [0.15, 0.2) is 6.29 Å². The molecule has 1 aliphatic heterocycles. The van der Waals surface area contributed by atoms with Crippen molar-refractivity contribution in [3.63, 3.8) is 0 Å². The molecule has 0 unspecified atom stereocenters. The molecule has 0 aromatic carbocycles. The third-order valence-corrected chi connectivity index (χ3v) is 2.29. The molecule has 1 aliphatic rings. The standard InChI is InChI=1S/C9H13N3O4/c10-6-1-3-12(9(14)11-6)7-2-4-15-8(5-13)16-7/h1,3,7-8,13H,2,4-5H2,(H2,10,11,14)/t7-,8-/m0/s1. The second-order valence-electron chi connectivity index (χ2n) is 3.40. The van der Waals surface area contributed by atoms with E-state index in [1.165, 1.54) is 16.8 Å². The van der Waals surface area contributed by atoms with Gasteiger partial charge in [-0.3, -0.25) is 4.57 Å². The normalized spacial score (nSPS) is 25.6. The molecule has 1 saturated heterocycles. The highest BCUT2D eigenvalue weighted by molar-refractivity contribution is 5.23. The van der Waals surface area contributed by atoms with Crippen molar-refractivity contribution in [1.29, 1.82) is 0 Å².